The molecule has 110 valence electrons. The fourth-order valence-electron chi connectivity index (χ4n) is 4.62. The molecule has 1 N–H and O–H groups in total. The van der Waals surface area contributed by atoms with Crippen LogP contribution in [0.4, 0.5) is 0 Å². The number of aryl methyl sites for hydroxylation is 1. The Morgan fingerprint density at radius 1 is 1.14 bits per heavy atom. The molecule has 0 amide bonds. The smallest absolute Gasteiger partial charge is 0.0950 e. The van der Waals surface area contributed by atoms with Crippen molar-refractivity contribution in [2.75, 3.05) is 13.2 Å². The fourth-order valence-corrected chi connectivity index (χ4v) is 4.62. The molecule has 21 heavy (non-hydrogen) atoms. The summed E-state index contributed by atoms with van der Waals surface area (Å²) in [5.74, 6) is 0. The van der Waals surface area contributed by atoms with Crippen molar-refractivity contribution in [1.29, 1.82) is 0 Å². The van der Waals surface area contributed by atoms with Crippen molar-refractivity contribution in [3.63, 3.8) is 0 Å². The molecule has 0 saturated heterocycles. The van der Waals surface area contributed by atoms with Gasteiger partial charge in [0.15, 0.2) is 0 Å². The normalized spacial score (nSPS) is 29.7. The lowest BCUT2D eigenvalue weighted by Crippen LogP contribution is -2.44. The van der Waals surface area contributed by atoms with Crippen LogP contribution in [0.25, 0.3) is 0 Å². The van der Waals surface area contributed by atoms with Gasteiger partial charge in [-0.15, -0.1) is 0 Å². The molecule has 2 aliphatic heterocycles. The highest BCUT2D eigenvalue weighted by molar-refractivity contribution is 5.61. The molecular formula is C17H21N3O. The number of aromatic nitrogens is 2. The number of aliphatic hydroxyl groups excluding tert-OH is 1. The molecule has 0 fully saturated rings. The van der Waals surface area contributed by atoms with Gasteiger partial charge < -0.3 is 9.67 Å². The van der Waals surface area contributed by atoms with Gasteiger partial charge in [0.2, 0.25) is 0 Å². The molecule has 2 bridgehead atoms. The van der Waals surface area contributed by atoms with Crippen LogP contribution in [0.15, 0.2) is 30.6 Å². The number of fused-ring (bicyclic) bond motifs is 8. The lowest BCUT2D eigenvalue weighted by Gasteiger charge is -2.36. The summed E-state index contributed by atoms with van der Waals surface area (Å²) in [5, 5.41) is 9.28. The Morgan fingerprint density at radius 2 is 1.81 bits per heavy atom. The van der Waals surface area contributed by atoms with E-state index < -0.39 is 0 Å². The largest absolute Gasteiger partial charge is 0.396 e. The summed E-state index contributed by atoms with van der Waals surface area (Å²) in [6.45, 7) is 5.66. The van der Waals surface area contributed by atoms with E-state index in [4.69, 9.17) is 4.98 Å². The van der Waals surface area contributed by atoms with Gasteiger partial charge in [-0.25, -0.2) is 4.98 Å². The molecule has 0 radical (unpaired) electrons. The first-order chi connectivity index (χ1) is 10.1. The summed E-state index contributed by atoms with van der Waals surface area (Å²) in [6, 6.07) is 8.70. The molecular weight excluding hydrogens is 262 g/mol. The molecule has 3 heterocycles. The lowest BCUT2D eigenvalue weighted by atomic mass is 9.79. The molecule has 2 unspecified atom stereocenters. The quantitative estimate of drug-likeness (QED) is 0.936. The summed E-state index contributed by atoms with van der Waals surface area (Å²) in [5.41, 5.74) is 4.86. The van der Waals surface area contributed by atoms with E-state index >= 15 is 0 Å². The summed E-state index contributed by atoms with van der Waals surface area (Å²) >= 11 is 0. The zero-order valence-electron chi connectivity index (χ0n) is 12.8. The third kappa shape index (κ3) is 1.26. The van der Waals surface area contributed by atoms with E-state index in [1.165, 1.54) is 22.5 Å². The maximum atomic E-state index is 9.28. The molecule has 2 atom stereocenters. The summed E-state index contributed by atoms with van der Waals surface area (Å²) in [6.07, 6.45) is 2.71. The molecule has 0 aliphatic carbocycles. The Kier molecular flexibility index (Phi) is 2.46. The Balaban J connectivity index is 2.01. The minimum absolute atomic E-state index is 0.152. The average molecular weight is 283 g/mol. The van der Waals surface area contributed by atoms with Crippen molar-refractivity contribution >= 4 is 0 Å². The molecule has 2 aromatic rings. The Hall–Kier alpha value is -1.65. The minimum atomic E-state index is -0.183. The summed E-state index contributed by atoms with van der Waals surface area (Å²) in [7, 11) is 2.08. The van der Waals surface area contributed by atoms with Crippen LogP contribution in [0.5, 0.6) is 0 Å². The number of benzene rings is 1. The first-order valence-electron chi connectivity index (χ1n) is 7.57. The minimum Gasteiger partial charge on any atom is -0.396 e. The zero-order valence-corrected chi connectivity index (χ0v) is 12.8. The number of hydrogen-bond donors (Lipinski definition) is 1. The van der Waals surface area contributed by atoms with Crippen LogP contribution < -0.4 is 0 Å². The van der Waals surface area contributed by atoms with E-state index in [9.17, 15) is 5.11 Å². The van der Waals surface area contributed by atoms with Crippen LogP contribution in [0.3, 0.4) is 0 Å². The van der Waals surface area contributed by atoms with Crippen molar-refractivity contribution in [3.05, 3.63) is 53.1 Å². The molecule has 4 nitrogen and oxygen atoms in total. The zero-order chi connectivity index (χ0) is 14.8. The first kappa shape index (κ1) is 13.0. The predicted octanol–water partition coefficient (Wildman–Crippen LogP) is 1.96. The van der Waals surface area contributed by atoms with Crippen molar-refractivity contribution in [2.24, 2.45) is 7.05 Å². The predicted molar refractivity (Wildman–Crippen MR) is 81.0 cm³/mol. The number of rotatable bonds is 3. The van der Waals surface area contributed by atoms with Crippen LogP contribution in [-0.4, -0.2) is 32.7 Å². The molecule has 4 rings (SSSR count). The van der Waals surface area contributed by atoms with Gasteiger partial charge in [0.05, 0.1) is 28.8 Å². The third-order valence-electron chi connectivity index (χ3n) is 5.45. The van der Waals surface area contributed by atoms with Gasteiger partial charge >= 0.3 is 0 Å². The van der Waals surface area contributed by atoms with Gasteiger partial charge in [-0.1, -0.05) is 24.3 Å². The number of imidazole rings is 1. The van der Waals surface area contributed by atoms with E-state index in [1.807, 2.05) is 6.33 Å². The molecule has 1 aromatic carbocycles. The second-order valence-electron chi connectivity index (χ2n) is 6.47. The highest BCUT2D eigenvalue weighted by atomic mass is 16.3. The third-order valence-corrected chi connectivity index (χ3v) is 5.45. The van der Waals surface area contributed by atoms with E-state index in [0.29, 0.717) is 0 Å². The Morgan fingerprint density at radius 3 is 2.48 bits per heavy atom. The highest BCUT2D eigenvalue weighted by Crippen LogP contribution is 2.62. The maximum absolute atomic E-state index is 9.28. The van der Waals surface area contributed by atoms with Gasteiger partial charge in [0.1, 0.15) is 0 Å². The number of aliphatic hydroxyl groups is 1. The monoisotopic (exact) mass is 283 g/mol. The molecule has 1 aromatic heterocycles. The average Bonchev–Trinajstić information content (AvgIpc) is 3.03. The first-order valence-corrected chi connectivity index (χ1v) is 7.57. The van der Waals surface area contributed by atoms with Gasteiger partial charge in [-0.2, -0.15) is 0 Å². The molecule has 2 aliphatic rings. The second kappa shape index (κ2) is 3.96. The molecule has 0 saturated carbocycles. The van der Waals surface area contributed by atoms with Crippen LogP contribution in [0.1, 0.15) is 42.8 Å². The topological polar surface area (TPSA) is 41.3 Å². The summed E-state index contributed by atoms with van der Waals surface area (Å²) in [4.78, 5) is 7.22. The van der Waals surface area contributed by atoms with E-state index in [2.05, 4.69) is 54.6 Å². The number of nitrogens with zero attached hydrogens (tertiary/aromatic N) is 3. The van der Waals surface area contributed by atoms with Crippen LogP contribution in [0, 0.1) is 0 Å². The second-order valence-corrected chi connectivity index (χ2v) is 6.47. The van der Waals surface area contributed by atoms with E-state index in [1.54, 1.807) is 0 Å². The van der Waals surface area contributed by atoms with Crippen LogP contribution in [0.2, 0.25) is 0 Å². The van der Waals surface area contributed by atoms with E-state index in [0.717, 1.165) is 13.0 Å². The molecule has 0 spiro atoms. The molecule has 4 heteroatoms. The Labute approximate surface area is 125 Å². The highest BCUT2D eigenvalue weighted by Gasteiger charge is 2.64. The van der Waals surface area contributed by atoms with Crippen LogP contribution >= 0.6 is 0 Å². The van der Waals surface area contributed by atoms with Crippen LogP contribution in [-0.2, 0) is 18.1 Å². The standard InChI is InChI=1S/C17H21N3O/c1-16-12-7-4-5-8-13(12)17(2,20(16)9-6-10-21)15-14(16)18-11-19(15)3/h4-5,7-8,11,21H,6,9-10H2,1-3H3. The van der Waals surface area contributed by atoms with Gasteiger partial charge in [0.25, 0.3) is 0 Å². The lowest BCUT2D eigenvalue weighted by molar-refractivity contribution is 0.0830. The number of hydrogen-bond acceptors (Lipinski definition) is 3. The van der Waals surface area contributed by atoms with Crippen molar-refractivity contribution in [3.8, 4) is 0 Å². The van der Waals surface area contributed by atoms with Gasteiger partial charge in [-0.05, 0) is 31.4 Å². The van der Waals surface area contributed by atoms with Crippen molar-refractivity contribution < 1.29 is 5.11 Å². The fraction of sp³-hybridized carbons (Fsp3) is 0.471. The van der Waals surface area contributed by atoms with Crippen molar-refractivity contribution in [2.45, 2.75) is 31.3 Å². The maximum Gasteiger partial charge on any atom is 0.0950 e. The Bertz CT molecular complexity index is 723. The van der Waals surface area contributed by atoms with Crippen molar-refractivity contribution in [1.82, 2.24) is 14.5 Å². The summed E-state index contributed by atoms with van der Waals surface area (Å²) < 4.78 is 2.16. The SMILES string of the molecule is Cn1cnc2c1C1(C)c3ccccc3C2(C)N1CCCO. The van der Waals surface area contributed by atoms with Gasteiger partial charge in [0, 0.05) is 20.2 Å². The van der Waals surface area contributed by atoms with Gasteiger partial charge in [-0.3, -0.25) is 4.90 Å². The van der Waals surface area contributed by atoms with E-state index in [-0.39, 0.29) is 17.7 Å².